The Balaban J connectivity index is 1.66. The van der Waals surface area contributed by atoms with Crippen molar-refractivity contribution in [2.24, 2.45) is 9.98 Å². The smallest absolute Gasteiger partial charge is 0.0686 e. The summed E-state index contributed by atoms with van der Waals surface area (Å²) in [7, 11) is 0. The van der Waals surface area contributed by atoms with Crippen LogP contribution in [0, 0.1) is 27.7 Å². The zero-order valence-corrected chi connectivity index (χ0v) is 19.9. The van der Waals surface area contributed by atoms with E-state index in [4.69, 9.17) is 9.98 Å². The molecule has 0 atom stereocenters. The molecule has 4 rings (SSSR count). The Labute approximate surface area is 185 Å². The van der Waals surface area contributed by atoms with E-state index in [9.17, 15) is 0 Å². The summed E-state index contributed by atoms with van der Waals surface area (Å²) in [5.41, 5.74) is 16.6. The van der Waals surface area contributed by atoms with Gasteiger partial charge in [-0.2, -0.15) is 0 Å². The summed E-state index contributed by atoms with van der Waals surface area (Å²) >= 11 is 0. The number of nitrogens with zero attached hydrogens (tertiary/aromatic N) is 2. The maximum Gasteiger partial charge on any atom is 0.0686 e. The van der Waals surface area contributed by atoms with Crippen LogP contribution < -0.4 is 0 Å². The van der Waals surface area contributed by atoms with Crippen LogP contribution in [0.1, 0.15) is 68.0 Å². The van der Waals surface area contributed by atoms with E-state index in [1.54, 1.807) is 0 Å². The molecule has 0 spiro atoms. The van der Waals surface area contributed by atoms with Crippen molar-refractivity contribution in [1.82, 2.24) is 9.97 Å². The minimum atomic E-state index is 0.864. The van der Waals surface area contributed by atoms with Gasteiger partial charge < -0.3 is 9.97 Å². The zero-order chi connectivity index (χ0) is 22.4. The van der Waals surface area contributed by atoms with Gasteiger partial charge in [-0.25, -0.2) is 0 Å². The second-order valence-corrected chi connectivity index (χ2v) is 8.94. The van der Waals surface area contributed by atoms with Crippen LogP contribution in [0.25, 0.3) is 12.2 Å². The number of nitrogens with one attached hydrogen (secondary N) is 2. The highest BCUT2D eigenvalue weighted by Gasteiger charge is 2.24. The average molecular weight is 413 g/mol. The minimum absolute atomic E-state index is 0.864. The van der Waals surface area contributed by atoms with Crippen LogP contribution in [0.3, 0.4) is 0 Å². The summed E-state index contributed by atoms with van der Waals surface area (Å²) < 4.78 is 0. The highest BCUT2D eigenvalue weighted by atomic mass is 14.8. The molecule has 0 aliphatic carbocycles. The van der Waals surface area contributed by atoms with E-state index in [-0.39, 0.29) is 0 Å². The number of aromatic amines is 2. The van der Waals surface area contributed by atoms with E-state index in [1.165, 1.54) is 44.8 Å². The van der Waals surface area contributed by atoms with Crippen molar-refractivity contribution in [3.63, 3.8) is 0 Å². The summed E-state index contributed by atoms with van der Waals surface area (Å²) in [5.74, 6) is 0. The van der Waals surface area contributed by atoms with Gasteiger partial charge in [-0.3, -0.25) is 9.98 Å². The number of hydrogen-bond acceptors (Lipinski definition) is 2. The molecule has 0 unspecified atom stereocenters. The van der Waals surface area contributed by atoms with Gasteiger partial charge in [0.05, 0.1) is 11.4 Å². The van der Waals surface area contributed by atoms with Gasteiger partial charge in [0.25, 0.3) is 0 Å². The number of aromatic nitrogens is 2. The van der Waals surface area contributed by atoms with Crippen molar-refractivity contribution in [2.45, 2.75) is 61.8 Å². The third kappa shape index (κ3) is 3.95. The Morgan fingerprint density at radius 3 is 1.35 bits per heavy atom. The van der Waals surface area contributed by atoms with Crippen molar-refractivity contribution in [1.29, 1.82) is 0 Å². The maximum atomic E-state index is 4.89. The van der Waals surface area contributed by atoms with Gasteiger partial charge in [0, 0.05) is 40.6 Å². The monoisotopic (exact) mass is 412 g/mol. The van der Waals surface area contributed by atoms with Gasteiger partial charge in [-0.1, -0.05) is 0 Å². The van der Waals surface area contributed by atoms with Gasteiger partial charge in [-0.15, -0.1) is 0 Å². The lowest BCUT2D eigenvalue weighted by atomic mass is 9.93. The molecule has 0 saturated carbocycles. The number of hydrogen-bond donors (Lipinski definition) is 2. The zero-order valence-electron chi connectivity index (χ0n) is 19.9. The molecule has 4 nitrogen and oxygen atoms in total. The molecule has 2 aromatic rings. The lowest BCUT2D eigenvalue weighted by molar-refractivity contribution is 1.19. The standard InChI is InChI=1S/C27H32N4/c1-14-9-16(3)28-24(14)12-26-18(5)22(20(7)30-26)11-23-19(6)27(31-21(23)8)13-25-15(2)10-17(4)29-25/h9-10,12-13,28-29H,11H2,1-8H3/b26-12-,27-13+. The Bertz CT molecular complexity index is 1160. The predicted molar refractivity (Wildman–Crippen MR) is 133 cm³/mol. The van der Waals surface area contributed by atoms with Crippen molar-refractivity contribution in [2.75, 3.05) is 0 Å². The second-order valence-electron chi connectivity index (χ2n) is 8.94. The molecule has 31 heavy (non-hydrogen) atoms. The van der Waals surface area contributed by atoms with E-state index < -0.39 is 0 Å². The van der Waals surface area contributed by atoms with Crippen molar-refractivity contribution in [3.8, 4) is 0 Å². The Hall–Kier alpha value is -3.14. The van der Waals surface area contributed by atoms with Gasteiger partial charge in [0.2, 0.25) is 0 Å². The maximum absolute atomic E-state index is 4.89. The van der Waals surface area contributed by atoms with Crippen molar-refractivity contribution < 1.29 is 0 Å². The minimum Gasteiger partial charge on any atom is -0.359 e. The molecule has 0 aromatic carbocycles. The Kier molecular flexibility index (Phi) is 5.34. The van der Waals surface area contributed by atoms with E-state index in [0.717, 1.165) is 40.6 Å². The largest absolute Gasteiger partial charge is 0.359 e. The van der Waals surface area contributed by atoms with Gasteiger partial charge in [0.1, 0.15) is 0 Å². The van der Waals surface area contributed by atoms with E-state index in [0.29, 0.717) is 0 Å². The first kappa shape index (κ1) is 21.1. The molecule has 2 N–H and O–H groups in total. The molecule has 0 bridgehead atoms. The van der Waals surface area contributed by atoms with Crippen molar-refractivity contribution in [3.05, 3.63) is 79.7 Å². The topological polar surface area (TPSA) is 56.3 Å². The van der Waals surface area contributed by atoms with E-state index in [1.807, 2.05) is 0 Å². The fourth-order valence-electron chi connectivity index (χ4n) is 4.57. The summed E-state index contributed by atoms with van der Waals surface area (Å²) in [5, 5.41) is 0. The first-order chi connectivity index (χ1) is 14.6. The molecule has 160 valence electrons. The first-order valence-electron chi connectivity index (χ1n) is 10.9. The number of H-pyrrole nitrogens is 2. The van der Waals surface area contributed by atoms with Gasteiger partial charge >= 0.3 is 0 Å². The van der Waals surface area contributed by atoms with Crippen LogP contribution in [0.2, 0.25) is 0 Å². The van der Waals surface area contributed by atoms with Crippen LogP contribution in [-0.2, 0) is 0 Å². The van der Waals surface area contributed by atoms with Gasteiger partial charge in [0.15, 0.2) is 0 Å². The summed E-state index contributed by atoms with van der Waals surface area (Å²) in [6.07, 6.45) is 5.21. The van der Waals surface area contributed by atoms with E-state index >= 15 is 0 Å². The molecule has 4 heterocycles. The quantitative estimate of drug-likeness (QED) is 0.547. The highest BCUT2D eigenvalue weighted by Crippen LogP contribution is 2.36. The summed E-state index contributed by atoms with van der Waals surface area (Å²) in [6.45, 7) is 17.0. The van der Waals surface area contributed by atoms with Crippen LogP contribution in [0.5, 0.6) is 0 Å². The average Bonchev–Trinajstić information content (AvgIpc) is 3.34. The van der Waals surface area contributed by atoms with E-state index in [2.05, 4.69) is 89.6 Å². The Morgan fingerprint density at radius 2 is 1.03 bits per heavy atom. The lowest BCUT2D eigenvalue weighted by Gasteiger charge is -2.08. The fourth-order valence-corrected chi connectivity index (χ4v) is 4.57. The SMILES string of the molecule is CC1=N/C(=C\c2[nH]c(C)cc2C)C(C)=C1CC1=C(C)/C(=C\c2[nH]c(C)cc2C)N=C1C. The molecule has 2 aliphatic heterocycles. The number of rotatable bonds is 4. The third-order valence-electron chi connectivity index (χ3n) is 6.42. The second kappa shape index (κ2) is 7.84. The molecular weight excluding hydrogens is 380 g/mol. The van der Waals surface area contributed by atoms with Crippen LogP contribution >= 0.6 is 0 Å². The molecule has 0 fully saturated rings. The number of aliphatic imine (C=N–C) groups is 2. The molecule has 2 aliphatic rings. The first-order valence-corrected chi connectivity index (χ1v) is 10.9. The molecule has 0 amide bonds. The number of allylic oxidation sites excluding steroid dienone is 4. The number of aryl methyl sites for hydroxylation is 4. The van der Waals surface area contributed by atoms with Crippen LogP contribution in [0.15, 0.2) is 55.8 Å². The summed E-state index contributed by atoms with van der Waals surface area (Å²) in [6, 6.07) is 4.34. The third-order valence-corrected chi connectivity index (χ3v) is 6.42. The molecule has 4 heteroatoms. The molecular formula is C27H32N4. The van der Waals surface area contributed by atoms with Crippen LogP contribution in [-0.4, -0.2) is 21.4 Å². The lowest BCUT2D eigenvalue weighted by Crippen LogP contribution is -2.02. The Morgan fingerprint density at radius 1 is 0.645 bits per heavy atom. The molecule has 0 saturated heterocycles. The molecule has 0 radical (unpaired) electrons. The summed E-state index contributed by atoms with van der Waals surface area (Å²) in [4.78, 5) is 16.7. The fraction of sp³-hybridized carbons (Fsp3) is 0.333. The van der Waals surface area contributed by atoms with Crippen molar-refractivity contribution >= 4 is 23.6 Å². The van der Waals surface area contributed by atoms with Crippen LogP contribution in [0.4, 0.5) is 0 Å². The predicted octanol–water partition coefficient (Wildman–Crippen LogP) is 6.93. The normalized spacial score (nSPS) is 19.4. The highest BCUT2D eigenvalue weighted by molar-refractivity contribution is 6.09. The molecule has 2 aromatic heterocycles. The van der Waals surface area contributed by atoms with Gasteiger partial charge in [-0.05, 0) is 113 Å².